The minimum Gasteiger partial charge on any atom is -0.494 e. The molecule has 2 nitrogen and oxygen atoms in total. The predicted octanol–water partition coefficient (Wildman–Crippen LogP) is 4.00. The second kappa shape index (κ2) is 6.17. The third kappa shape index (κ3) is 2.85. The molecule has 0 aromatic heterocycles. The van der Waals surface area contributed by atoms with E-state index in [1.807, 2.05) is 13.0 Å². The number of fused-ring (bicyclic) bond motifs is 2. The first kappa shape index (κ1) is 13.9. The van der Waals surface area contributed by atoms with Gasteiger partial charge >= 0.3 is 0 Å². The zero-order valence-corrected chi connectivity index (χ0v) is 12.8. The van der Waals surface area contributed by atoms with Gasteiger partial charge in [-0.15, -0.1) is 0 Å². The highest BCUT2D eigenvalue weighted by Gasteiger charge is 2.41. The van der Waals surface area contributed by atoms with Gasteiger partial charge in [0.25, 0.3) is 0 Å². The summed E-state index contributed by atoms with van der Waals surface area (Å²) in [5.74, 6) is 3.95. The summed E-state index contributed by atoms with van der Waals surface area (Å²) in [6.07, 6.45) is 5.90. The average Bonchev–Trinajstić information content (AvgIpc) is 3.09. The third-order valence-corrected chi connectivity index (χ3v) is 5.32. The van der Waals surface area contributed by atoms with Crippen LogP contribution in [-0.2, 0) is 6.54 Å². The molecular formula is C18H27NO. The topological polar surface area (TPSA) is 21.3 Å². The van der Waals surface area contributed by atoms with Crippen LogP contribution in [0.15, 0.2) is 24.3 Å². The van der Waals surface area contributed by atoms with Crippen molar-refractivity contribution in [3.05, 3.63) is 29.8 Å². The minimum atomic E-state index is 0.625. The normalized spacial score (nSPS) is 29.6. The van der Waals surface area contributed by atoms with Crippen molar-refractivity contribution >= 4 is 0 Å². The van der Waals surface area contributed by atoms with Crippen LogP contribution in [0.1, 0.15) is 45.1 Å². The maximum absolute atomic E-state index is 5.70. The third-order valence-electron chi connectivity index (χ3n) is 5.32. The van der Waals surface area contributed by atoms with E-state index in [-0.39, 0.29) is 0 Å². The van der Waals surface area contributed by atoms with Gasteiger partial charge in [0.05, 0.1) is 6.61 Å². The fourth-order valence-electron chi connectivity index (χ4n) is 4.27. The van der Waals surface area contributed by atoms with E-state index in [4.69, 9.17) is 4.74 Å². The van der Waals surface area contributed by atoms with E-state index in [0.29, 0.717) is 6.04 Å². The van der Waals surface area contributed by atoms with Crippen LogP contribution in [0.2, 0.25) is 0 Å². The van der Waals surface area contributed by atoms with Crippen molar-refractivity contribution in [3.63, 3.8) is 0 Å². The average molecular weight is 273 g/mol. The predicted molar refractivity (Wildman–Crippen MR) is 82.9 cm³/mol. The van der Waals surface area contributed by atoms with Gasteiger partial charge in [0.15, 0.2) is 0 Å². The largest absolute Gasteiger partial charge is 0.494 e. The van der Waals surface area contributed by atoms with E-state index >= 15 is 0 Å². The molecule has 1 N–H and O–H groups in total. The van der Waals surface area contributed by atoms with Crippen LogP contribution in [0, 0.1) is 17.8 Å². The Balaban J connectivity index is 1.56. The fraction of sp³-hybridized carbons (Fsp3) is 0.667. The van der Waals surface area contributed by atoms with Crippen molar-refractivity contribution in [1.82, 2.24) is 5.32 Å². The van der Waals surface area contributed by atoms with E-state index in [1.54, 1.807) is 0 Å². The molecule has 0 spiro atoms. The molecule has 0 saturated heterocycles. The first-order valence-electron chi connectivity index (χ1n) is 8.22. The van der Waals surface area contributed by atoms with Crippen LogP contribution in [0.5, 0.6) is 5.75 Å². The summed E-state index contributed by atoms with van der Waals surface area (Å²) in [6.45, 7) is 6.07. The lowest BCUT2D eigenvalue weighted by Gasteiger charge is -2.29. The molecule has 2 heteroatoms. The zero-order valence-electron chi connectivity index (χ0n) is 12.8. The second-order valence-electron chi connectivity index (χ2n) is 6.55. The number of benzene rings is 1. The van der Waals surface area contributed by atoms with Gasteiger partial charge in [-0.3, -0.25) is 0 Å². The smallest absolute Gasteiger partial charge is 0.123 e. The summed E-state index contributed by atoms with van der Waals surface area (Å²) in [4.78, 5) is 0. The Labute approximate surface area is 122 Å². The molecule has 4 atom stereocenters. The Kier molecular flexibility index (Phi) is 4.30. The molecule has 2 bridgehead atoms. The Morgan fingerprint density at radius 3 is 2.80 bits per heavy atom. The lowest BCUT2D eigenvalue weighted by atomic mass is 9.84. The lowest BCUT2D eigenvalue weighted by Crippen LogP contribution is -2.35. The molecule has 0 heterocycles. The number of hydrogen-bond acceptors (Lipinski definition) is 2. The van der Waals surface area contributed by atoms with E-state index in [0.717, 1.165) is 36.7 Å². The quantitative estimate of drug-likeness (QED) is 0.846. The van der Waals surface area contributed by atoms with Gasteiger partial charge in [0.1, 0.15) is 5.75 Å². The van der Waals surface area contributed by atoms with Crippen LogP contribution in [-0.4, -0.2) is 12.6 Å². The van der Waals surface area contributed by atoms with Crippen molar-refractivity contribution in [1.29, 1.82) is 0 Å². The first-order chi connectivity index (χ1) is 9.78. The highest BCUT2D eigenvalue weighted by molar-refractivity contribution is 5.33. The van der Waals surface area contributed by atoms with E-state index in [2.05, 4.69) is 30.4 Å². The minimum absolute atomic E-state index is 0.625. The summed E-state index contributed by atoms with van der Waals surface area (Å²) in [6, 6.07) is 9.02. The lowest BCUT2D eigenvalue weighted by molar-refractivity contribution is 0.258. The fourth-order valence-corrected chi connectivity index (χ4v) is 4.27. The summed E-state index contributed by atoms with van der Waals surface area (Å²) >= 11 is 0. The monoisotopic (exact) mass is 273 g/mol. The molecule has 2 aliphatic carbocycles. The molecule has 1 aromatic rings. The summed E-state index contributed by atoms with van der Waals surface area (Å²) < 4.78 is 5.70. The van der Waals surface area contributed by atoms with Crippen molar-refractivity contribution in [2.45, 2.75) is 52.1 Å². The Hall–Kier alpha value is -1.02. The van der Waals surface area contributed by atoms with Gasteiger partial charge in [0, 0.05) is 18.2 Å². The van der Waals surface area contributed by atoms with Crippen LogP contribution in [0.3, 0.4) is 0 Å². The zero-order chi connectivity index (χ0) is 13.9. The van der Waals surface area contributed by atoms with Crippen LogP contribution in [0.4, 0.5) is 0 Å². The van der Waals surface area contributed by atoms with Crippen molar-refractivity contribution < 1.29 is 4.74 Å². The van der Waals surface area contributed by atoms with Gasteiger partial charge in [-0.2, -0.15) is 0 Å². The maximum atomic E-state index is 5.70. The van der Waals surface area contributed by atoms with E-state index < -0.39 is 0 Å². The Morgan fingerprint density at radius 2 is 2.10 bits per heavy atom. The Morgan fingerprint density at radius 1 is 1.25 bits per heavy atom. The van der Waals surface area contributed by atoms with Crippen molar-refractivity contribution in [3.8, 4) is 5.75 Å². The number of nitrogens with one attached hydrogen (secondary N) is 1. The molecule has 1 aromatic carbocycles. The molecular weight excluding hydrogens is 246 g/mol. The number of ether oxygens (including phenoxy) is 1. The SMILES string of the molecule is CCOc1ccccc1CNC(C)C1CC2CCC1C2. The summed E-state index contributed by atoms with van der Waals surface area (Å²) in [5, 5.41) is 3.74. The van der Waals surface area contributed by atoms with Gasteiger partial charge in [-0.25, -0.2) is 0 Å². The molecule has 2 aliphatic rings. The second-order valence-corrected chi connectivity index (χ2v) is 6.55. The van der Waals surface area contributed by atoms with E-state index in [1.165, 1.54) is 31.2 Å². The molecule has 2 saturated carbocycles. The van der Waals surface area contributed by atoms with Crippen molar-refractivity contribution in [2.75, 3.05) is 6.61 Å². The molecule has 110 valence electrons. The maximum Gasteiger partial charge on any atom is 0.123 e. The number of rotatable bonds is 6. The number of para-hydroxylation sites is 1. The molecule has 20 heavy (non-hydrogen) atoms. The first-order valence-corrected chi connectivity index (χ1v) is 8.22. The van der Waals surface area contributed by atoms with Crippen LogP contribution in [0.25, 0.3) is 0 Å². The van der Waals surface area contributed by atoms with Gasteiger partial charge in [-0.1, -0.05) is 24.6 Å². The Bertz CT molecular complexity index is 445. The van der Waals surface area contributed by atoms with Crippen molar-refractivity contribution in [2.24, 2.45) is 17.8 Å². The molecule has 2 fully saturated rings. The summed E-state index contributed by atoms with van der Waals surface area (Å²) in [7, 11) is 0. The highest BCUT2D eigenvalue weighted by atomic mass is 16.5. The molecule has 4 unspecified atom stereocenters. The number of hydrogen-bond donors (Lipinski definition) is 1. The molecule has 0 amide bonds. The van der Waals surface area contributed by atoms with Crippen LogP contribution >= 0.6 is 0 Å². The molecule has 0 aliphatic heterocycles. The van der Waals surface area contributed by atoms with Gasteiger partial charge < -0.3 is 10.1 Å². The summed E-state index contributed by atoms with van der Waals surface area (Å²) in [5.41, 5.74) is 1.28. The molecule has 3 rings (SSSR count). The standard InChI is InChI=1S/C18H27NO/c1-3-20-18-7-5-4-6-16(18)12-19-13(2)17-11-14-8-9-15(17)10-14/h4-7,13-15,17,19H,3,8-12H2,1-2H3. The van der Waals surface area contributed by atoms with Crippen LogP contribution < -0.4 is 10.1 Å². The van der Waals surface area contributed by atoms with Gasteiger partial charge in [-0.05, 0) is 56.9 Å². The van der Waals surface area contributed by atoms with Gasteiger partial charge in [0.2, 0.25) is 0 Å². The van der Waals surface area contributed by atoms with E-state index in [9.17, 15) is 0 Å². The highest BCUT2D eigenvalue weighted by Crippen LogP contribution is 2.49. The molecule has 0 radical (unpaired) electrons.